The zero-order chi connectivity index (χ0) is 21.3. The quantitative estimate of drug-likeness (QED) is 0.762. The Balaban J connectivity index is 1.51. The zero-order valence-corrected chi connectivity index (χ0v) is 18.6. The number of morpholine rings is 1. The van der Waals surface area contributed by atoms with Crippen molar-refractivity contribution in [3.05, 3.63) is 35.0 Å². The van der Waals surface area contributed by atoms with Crippen LogP contribution in [0.1, 0.15) is 43.0 Å². The number of hydrogen-bond donors (Lipinski definition) is 1. The molecule has 4 rings (SSSR count). The summed E-state index contributed by atoms with van der Waals surface area (Å²) in [4.78, 5) is 15.4. The number of nitrogens with one attached hydrogen (secondary N) is 1. The molecule has 164 valence electrons. The second-order valence-corrected chi connectivity index (χ2v) is 9.51. The molecule has 0 bridgehead atoms. The lowest BCUT2D eigenvalue weighted by atomic mass is 9.81. The summed E-state index contributed by atoms with van der Waals surface area (Å²) < 4.78 is 21.8. The number of benzene rings is 1. The van der Waals surface area contributed by atoms with E-state index < -0.39 is 5.67 Å². The van der Waals surface area contributed by atoms with E-state index >= 15 is 0 Å². The van der Waals surface area contributed by atoms with Gasteiger partial charge in [-0.2, -0.15) is 0 Å². The van der Waals surface area contributed by atoms with Crippen LogP contribution in [0.15, 0.2) is 24.4 Å². The molecule has 1 N–H and O–H groups in total. The summed E-state index contributed by atoms with van der Waals surface area (Å²) in [6.07, 6.45) is 4.66. The number of nitrogens with zero attached hydrogens (tertiary/aromatic N) is 2. The summed E-state index contributed by atoms with van der Waals surface area (Å²) in [5.41, 5.74) is 0.496. The molecule has 1 saturated heterocycles. The molecule has 30 heavy (non-hydrogen) atoms. The van der Waals surface area contributed by atoms with Gasteiger partial charge in [-0.15, -0.1) is 0 Å². The van der Waals surface area contributed by atoms with E-state index in [1.165, 1.54) is 0 Å². The summed E-state index contributed by atoms with van der Waals surface area (Å²) in [5.74, 6) is 0.211. The molecule has 2 aliphatic rings. The monoisotopic (exact) mass is 435 g/mol. The molecule has 5 nitrogen and oxygen atoms in total. The molecule has 2 heterocycles. The van der Waals surface area contributed by atoms with Crippen LogP contribution in [0.2, 0.25) is 5.02 Å². The van der Waals surface area contributed by atoms with Crippen LogP contribution in [0.5, 0.6) is 0 Å². The number of carbonyl (C=O) groups is 1. The second-order valence-electron chi connectivity index (χ2n) is 9.11. The van der Waals surface area contributed by atoms with Crippen molar-refractivity contribution in [3.8, 4) is 0 Å². The van der Waals surface area contributed by atoms with Crippen LogP contribution < -0.4 is 5.32 Å². The van der Waals surface area contributed by atoms with Crippen LogP contribution in [-0.4, -0.2) is 60.4 Å². The minimum atomic E-state index is -1.06. The number of fused-ring (bicyclic) bond motifs is 1. The van der Waals surface area contributed by atoms with Crippen molar-refractivity contribution in [1.82, 2.24) is 14.8 Å². The van der Waals surface area contributed by atoms with Gasteiger partial charge in [0.15, 0.2) is 0 Å². The minimum absolute atomic E-state index is 0.117. The van der Waals surface area contributed by atoms with Gasteiger partial charge < -0.3 is 14.6 Å². The lowest BCUT2D eigenvalue weighted by molar-refractivity contribution is 0.000230. The number of halogens is 2. The van der Waals surface area contributed by atoms with Gasteiger partial charge >= 0.3 is 0 Å². The first-order valence-corrected chi connectivity index (χ1v) is 11.2. The Morgan fingerprint density at radius 2 is 2.13 bits per heavy atom. The van der Waals surface area contributed by atoms with Gasteiger partial charge in [0.25, 0.3) is 5.91 Å². The molecule has 7 heteroatoms. The van der Waals surface area contributed by atoms with E-state index in [0.717, 1.165) is 43.4 Å². The van der Waals surface area contributed by atoms with Crippen LogP contribution >= 0.6 is 11.6 Å². The van der Waals surface area contributed by atoms with Gasteiger partial charge in [0.1, 0.15) is 5.67 Å². The fourth-order valence-electron chi connectivity index (χ4n) is 4.60. The van der Waals surface area contributed by atoms with Crippen molar-refractivity contribution < 1.29 is 13.9 Å². The highest BCUT2D eigenvalue weighted by Gasteiger charge is 2.31. The van der Waals surface area contributed by atoms with Crippen molar-refractivity contribution in [3.63, 3.8) is 0 Å². The van der Waals surface area contributed by atoms with Crippen LogP contribution in [0.25, 0.3) is 10.9 Å². The van der Waals surface area contributed by atoms with E-state index in [1.54, 1.807) is 6.92 Å². The second kappa shape index (κ2) is 8.85. The number of rotatable bonds is 5. The maximum Gasteiger partial charge on any atom is 0.253 e. The van der Waals surface area contributed by atoms with E-state index in [1.807, 2.05) is 24.4 Å². The molecule has 1 aromatic carbocycles. The summed E-state index contributed by atoms with van der Waals surface area (Å²) in [7, 11) is 2.10. The molecule has 1 atom stereocenters. The molecule has 2 fully saturated rings. The van der Waals surface area contributed by atoms with E-state index in [2.05, 4.69) is 21.8 Å². The van der Waals surface area contributed by atoms with E-state index in [0.29, 0.717) is 42.5 Å². The first kappa shape index (κ1) is 21.6. The van der Waals surface area contributed by atoms with Crippen molar-refractivity contribution in [1.29, 1.82) is 0 Å². The lowest BCUT2D eigenvalue weighted by Crippen LogP contribution is -2.45. The van der Waals surface area contributed by atoms with Gasteiger partial charge in [-0.1, -0.05) is 17.7 Å². The first-order chi connectivity index (χ1) is 14.3. The van der Waals surface area contributed by atoms with Gasteiger partial charge in [0.2, 0.25) is 0 Å². The SMILES string of the molecule is CN1CCOCC1Cn1cc(C(=O)NCC2CCC(C)(F)CC2)c2c(Cl)cccc21. The predicted octanol–water partition coefficient (Wildman–Crippen LogP) is 4.27. The number of carbonyl (C=O) groups excluding carboxylic acids is 1. The average Bonchev–Trinajstić information content (AvgIpc) is 3.09. The predicted molar refractivity (Wildman–Crippen MR) is 118 cm³/mol. The summed E-state index contributed by atoms with van der Waals surface area (Å²) in [6.45, 7) is 5.31. The zero-order valence-electron chi connectivity index (χ0n) is 17.8. The Hall–Kier alpha value is -1.63. The highest BCUT2D eigenvalue weighted by atomic mass is 35.5. The third kappa shape index (κ3) is 4.66. The third-order valence-electron chi connectivity index (χ3n) is 6.73. The minimum Gasteiger partial charge on any atom is -0.378 e. The molecular weight excluding hydrogens is 405 g/mol. The Morgan fingerprint density at radius 1 is 1.37 bits per heavy atom. The van der Waals surface area contributed by atoms with E-state index in [4.69, 9.17) is 16.3 Å². The molecule has 1 aromatic heterocycles. The maximum atomic E-state index is 14.0. The lowest BCUT2D eigenvalue weighted by Gasteiger charge is -2.32. The van der Waals surface area contributed by atoms with Crippen molar-refractivity contribution in [2.24, 2.45) is 5.92 Å². The number of hydrogen-bond acceptors (Lipinski definition) is 3. The Bertz CT molecular complexity index is 903. The van der Waals surface area contributed by atoms with Crippen LogP contribution in [0, 0.1) is 5.92 Å². The largest absolute Gasteiger partial charge is 0.378 e. The fourth-order valence-corrected chi connectivity index (χ4v) is 4.88. The number of alkyl halides is 1. The number of amides is 1. The maximum absolute atomic E-state index is 14.0. The Kier molecular flexibility index (Phi) is 6.37. The Morgan fingerprint density at radius 3 is 2.87 bits per heavy atom. The fraction of sp³-hybridized carbons (Fsp3) is 0.609. The standard InChI is InChI=1S/C23H31ClFN3O2/c1-23(25)8-6-16(7-9-23)12-26-22(29)18-14-28(13-17-15-30-11-10-27(17)2)20-5-3-4-19(24)21(18)20/h3-5,14,16-17H,6-13,15H2,1-2H3,(H,26,29). The van der Waals surface area contributed by atoms with Crippen molar-refractivity contribution in [2.75, 3.05) is 33.4 Å². The van der Waals surface area contributed by atoms with Crippen molar-refractivity contribution >= 4 is 28.4 Å². The van der Waals surface area contributed by atoms with Gasteiger partial charge in [0, 0.05) is 31.2 Å². The van der Waals surface area contributed by atoms with Crippen LogP contribution in [-0.2, 0) is 11.3 Å². The smallest absolute Gasteiger partial charge is 0.253 e. The van der Waals surface area contributed by atoms with Crippen LogP contribution in [0.3, 0.4) is 0 Å². The van der Waals surface area contributed by atoms with Crippen LogP contribution in [0.4, 0.5) is 4.39 Å². The summed E-state index contributed by atoms with van der Waals surface area (Å²) in [5, 5.41) is 4.44. The summed E-state index contributed by atoms with van der Waals surface area (Å²) >= 11 is 6.50. The number of aromatic nitrogens is 1. The normalized spacial score (nSPS) is 28.0. The molecule has 2 aromatic rings. The topological polar surface area (TPSA) is 46.5 Å². The molecule has 0 radical (unpaired) electrons. The number of ether oxygens (including phenoxy) is 1. The van der Waals surface area contributed by atoms with Gasteiger partial charge in [-0.3, -0.25) is 9.69 Å². The molecule has 1 saturated carbocycles. The highest BCUT2D eigenvalue weighted by molar-refractivity contribution is 6.36. The molecule has 1 unspecified atom stereocenters. The number of likely N-dealkylation sites (N-methyl/N-ethyl adjacent to an activating group) is 1. The van der Waals surface area contributed by atoms with Gasteiger partial charge in [-0.25, -0.2) is 4.39 Å². The molecule has 0 spiro atoms. The van der Waals surface area contributed by atoms with E-state index in [9.17, 15) is 9.18 Å². The van der Waals surface area contributed by atoms with E-state index in [-0.39, 0.29) is 11.9 Å². The average molecular weight is 436 g/mol. The molecular formula is C23H31ClFN3O2. The van der Waals surface area contributed by atoms with Gasteiger partial charge in [0.05, 0.1) is 35.4 Å². The Labute approximate surface area is 182 Å². The summed E-state index contributed by atoms with van der Waals surface area (Å²) in [6, 6.07) is 6.00. The first-order valence-electron chi connectivity index (χ1n) is 10.9. The molecule has 1 aliphatic heterocycles. The highest BCUT2D eigenvalue weighted by Crippen LogP contribution is 2.34. The third-order valence-corrected chi connectivity index (χ3v) is 7.04. The van der Waals surface area contributed by atoms with Crippen molar-refractivity contribution in [2.45, 2.75) is 50.9 Å². The molecule has 1 amide bonds. The van der Waals surface area contributed by atoms with Gasteiger partial charge in [-0.05, 0) is 57.7 Å². The molecule has 1 aliphatic carbocycles.